The molecule has 0 fully saturated rings. The van der Waals surface area contributed by atoms with E-state index in [-0.39, 0.29) is 36.6 Å². The van der Waals surface area contributed by atoms with Crippen LogP contribution < -0.4 is 0 Å². The Balaban J connectivity index is 1.09. The molecule has 0 bridgehead atoms. The Morgan fingerprint density at radius 3 is 1.13 bits per heavy atom. The van der Waals surface area contributed by atoms with Crippen LogP contribution in [0.15, 0.2) is 121 Å². The van der Waals surface area contributed by atoms with Gasteiger partial charge in [-0.3, -0.25) is 0 Å². The van der Waals surface area contributed by atoms with Crippen LogP contribution >= 0.6 is 0 Å². The fraction of sp³-hybridized carbons (Fsp3) is 0.294. The maximum absolute atomic E-state index is 6.93. The minimum absolute atomic E-state index is 0.0661. The molecule has 0 spiro atoms. The lowest BCUT2D eigenvalue weighted by molar-refractivity contribution is -0.00438. The quantitative estimate of drug-likeness (QED) is 0.142. The third kappa shape index (κ3) is 5.85. The van der Waals surface area contributed by atoms with E-state index in [1.807, 2.05) is 0 Å². The van der Waals surface area contributed by atoms with Crippen LogP contribution in [0.2, 0.25) is 0 Å². The summed E-state index contributed by atoms with van der Waals surface area (Å²) in [7, 11) is 0. The molecule has 6 aromatic carbocycles. The lowest BCUT2D eigenvalue weighted by Crippen LogP contribution is -2.18. The number of benzene rings is 6. The van der Waals surface area contributed by atoms with Gasteiger partial charge in [-0.05, 0) is 153 Å². The molecule has 0 amide bonds. The Morgan fingerprint density at radius 2 is 0.759 bits per heavy atom. The molecule has 3 aliphatic rings. The van der Waals surface area contributed by atoms with E-state index in [1.54, 1.807) is 0 Å². The molecule has 0 radical (unpaired) electrons. The highest BCUT2D eigenvalue weighted by molar-refractivity contribution is 5.87. The molecular weight excluding hydrogens is 661 g/mol. The second-order valence-corrected chi connectivity index (χ2v) is 16.1. The number of rotatable bonds is 10. The number of hydrogen-bond donors (Lipinski definition) is 0. The second kappa shape index (κ2) is 13.8. The topological polar surface area (TPSA) is 27.7 Å². The van der Waals surface area contributed by atoms with E-state index in [2.05, 4.69) is 170 Å². The smallest absolute Gasteiger partial charge is 0.109 e. The van der Waals surface area contributed by atoms with Gasteiger partial charge in [-0.1, -0.05) is 118 Å². The average Bonchev–Trinajstić information content (AvgIpc) is 3.79. The zero-order chi connectivity index (χ0) is 37.2. The Kier molecular flexibility index (Phi) is 8.93. The summed E-state index contributed by atoms with van der Waals surface area (Å²) in [5, 5.41) is 0. The third-order valence-corrected chi connectivity index (χ3v) is 12.0. The summed E-state index contributed by atoms with van der Waals surface area (Å²) in [6.07, 6.45) is 1.04. The van der Waals surface area contributed by atoms with Gasteiger partial charge in [0.25, 0.3) is 0 Å². The molecule has 0 aliphatic heterocycles. The average molecular weight is 711 g/mol. The van der Waals surface area contributed by atoms with E-state index >= 15 is 0 Å². The molecule has 0 heterocycles. The summed E-state index contributed by atoms with van der Waals surface area (Å²) >= 11 is 0. The Labute approximate surface area is 321 Å². The molecule has 0 aromatic heterocycles. The van der Waals surface area contributed by atoms with Crippen molar-refractivity contribution in [2.45, 2.75) is 91.5 Å². The van der Waals surface area contributed by atoms with Gasteiger partial charge in [-0.2, -0.15) is 0 Å². The number of hydrogen-bond acceptors (Lipinski definition) is 3. The molecular formula is C51H50O3. The van der Waals surface area contributed by atoms with E-state index in [1.165, 1.54) is 89.0 Å². The molecule has 0 saturated carbocycles. The van der Waals surface area contributed by atoms with E-state index in [0.717, 1.165) is 6.42 Å². The van der Waals surface area contributed by atoms with Crippen molar-refractivity contribution in [3.63, 3.8) is 0 Å². The number of ether oxygens (including phenoxy) is 3. The molecule has 0 N–H and O–H groups in total. The molecule has 3 heteroatoms. The van der Waals surface area contributed by atoms with Gasteiger partial charge in [-0.15, -0.1) is 0 Å². The van der Waals surface area contributed by atoms with Gasteiger partial charge in [0.15, 0.2) is 0 Å². The summed E-state index contributed by atoms with van der Waals surface area (Å²) in [5.74, 6) is 0.432. The van der Waals surface area contributed by atoms with E-state index in [4.69, 9.17) is 14.2 Å². The molecule has 5 atom stereocenters. The Morgan fingerprint density at radius 1 is 0.407 bits per heavy atom. The standard InChI is InChI=1S/C51H50O3/c1-8-31(6)53-51-47-27-35(33-17-21-39-37-13-9-11-15-43(37)49(45(39)25-33)52-30(4)5)19-23-41(47)42-24-20-36(28-48(42)51)34-18-22-40-38-14-10-12-16-44(38)50(46(40)26-34)54-32(7)29(2)3/h9-32,49-51H,8H2,1-7H3. The van der Waals surface area contributed by atoms with Gasteiger partial charge in [0.1, 0.15) is 18.3 Å². The van der Waals surface area contributed by atoms with Crippen molar-refractivity contribution in [2.75, 3.05) is 0 Å². The first-order valence-electron chi connectivity index (χ1n) is 19.9. The van der Waals surface area contributed by atoms with Crippen LogP contribution in [0.25, 0.3) is 55.6 Å². The van der Waals surface area contributed by atoms with Crippen molar-refractivity contribution in [3.05, 3.63) is 155 Å². The van der Waals surface area contributed by atoms with Gasteiger partial charge in [0.05, 0.1) is 18.3 Å². The van der Waals surface area contributed by atoms with Gasteiger partial charge in [-0.25, -0.2) is 0 Å². The summed E-state index contributed by atoms with van der Waals surface area (Å²) in [6, 6.07) is 45.1. The molecule has 6 aromatic rings. The van der Waals surface area contributed by atoms with Gasteiger partial charge >= 0.3 is 0 Å². The second-order valence-electron chi connectivity index (χ2n) is 16.1. The highest BCUT2D eigenvalue weighted by atomic mass is 16.5. The minimum Gasteiger partial charge on any atom is -0.366 e. The monoisotopic (exact) mass is 710 g/mol. The zero-order valence-corrected chi connectivity index (χ0v) is 32.5. The van der Waals surface area contributed by atoms with Crippen molar-refractivity contribution >= 4 is 0 Å². The Hall–Kier alpha value is -4.80. The highest BCUT2D eigenvalue weighted by Crippen LogP contribution is 2.52. The van der Waals surface area contributed by atoms with Crippen LogP contribution in [0.5, 0.6) is 0 Å². The molecule has 54 heavy (non-hydrogen) atoms. The third-order valence-electron chi connectivity index (χ3n) is 12.0. The Bertz CT molecular complexity index is 2380. The molecule has 3 aliphatic carbocycles. The van der Waals surface area contributed by atoms with Crippen LogP contribution in [-0.2, 0) is 14.2 Å². The van der Waals surface area contributed by atoms with Crippen molar-refractivity contribution in [2.24, 2.45) is 5.92 Å². The predicted molar refractivity (Wildman–Crippen MR) is 222 cm³/mol. The van der Waals surface area contributed by atoms with Gasteiger partial charge in [0, 0.05) is 0 Å². The molecule has 5 unspecified atom stereocenters. The van der Waals surface area contributed by atoms with Crippen molar-refractivity contribution in [1.29, 1.82) is 0 Å². The summed E-state index contributed by atoms with van der Waals surface area (Å²) < 4.78 is 20.3. The fourth-order valence-corrected chi connectivity index (χ4v) is 8.67. The van der Waals surface area contributed by atoms with Crippen LogP contribution in [-0.4, -0.2) is 18.3 Å². The van der Waals surface area contributed by atoms with Crippen LogP contribution in [0, 0.1) is 5.92 Å². The summed E-state index contributed by atoms with van der Waals surface area (Å²) in [6.45, 7) is 15.3. The van der Waals surface area contributed by atoms with E-state index in [0.29, 0.717) is 5.92 Å². The maximum Gasteiger partial charge on any atom is 0.109 e. The molecule has 9 rings (SSSR count). The van der Waals surface area contributed by atoms with Crippen LogP contribution in [0.3, 0.4) is 0 Å². The molecule has 3 nitrogen and oxygen atoms in total. The normalized spacial score (nSPS) is 18.6. The van der Waals surface area contributed by atoms with Crippen LogP contribution in [0.4, 0.5) is 0 Å². The molecule has 272 valence electrons. The first kappa shape index (κ1) is 34.9. The largest absolute Gasteiger partial charge is 0.366 e. The highest BCUT2D eigenvalue weighted by Gasteiger charge is 2.34. The summed E-state index contributed by atoms with van der Waals surface area (Å²) in [4.78, 5) is 0. The first-order chi connectivity index (χ1) is 26.2. The van der Waals surface area contributed by atoms with E-state index in [9.17, 15) is 0 Å². The molecule has 0 saturated heterocycles. The van der Waals surface area contributed by atoms with Gasteiger partial charge in [0.2, 0.25) is 0 Å². The fourth-order valence-electron chi connectivity index (χ4n) is 8.67. The van der Waals surface area contributed by atoms with Crippen molar-refractivity contribution < 1.29 is 14.2 Å². The zero-order valence-electron chi connectivity index (χ0n) is 32.5. The van der Waals surface area contributed by atoms with Crippen molar-refractivity contribution in [1.82, 2.24) is 0 Å². The summed E-state index contributed by atoms with van der Waals surface area (Å²) in [5.41, 5.74) is 19.9. The van der Waals surface area contributed by atoms with Gasteiger partial charge < -0.3 is 14.2 Å². The first-order valence-corrected chi connectivity index (χ1v) is 19.9. The van der Waals surface area contributed by atoms with E-state index < -0.39 is 0 Å². The minimum atomic E-state index is -0.151. The van der Waals surface area contributed by atoms with Crippen LogP contribution in [0.1, 0.15) is 107 Å². The number of fused-ring (bicyclic) bond motifs is 9. The van der Waals surface area contributed by atoms with Crippen molar-refractivity contribution in [3.8, 4) is 55.6 Å². The predicted octanol–water partition coefficient (Wildman–Crippen LogP) is 13.5. The maximum atomic E-state index is 6.93. The lowest BCUT2D eigenvalue weighted by atomic mass is 9.95. The lowest BCUT2D eigenvalue weighted by Gasteiger charge is -2.23. The SMILES string of the molecule is CCC(C)OC1c2cc(-c3ccc4c(c3)C(OC(C)C)c3ccccc3-4)ccc2-c2ccc(-c3ccc4c(c3)C(OC(C)C(C)C)c3ccccc3-4)cc21.